The quantitative estimate of drug-likeness (QED) is 0.320. The van der Waals surface area contributed by atoms with Gasteiger partial charge in [-0.3, -0.25) is 4.79 Å². The van der Waals surface area contributed by atoms with Crippen molar-refractivity contribution in [3.8, 4) is 17.6 Å². The second-order valence-corrected chi connectivity index (χ2v) is 8.56. The van der Waals surface area contributed by atoms with Crippen molar-refractivity contribution in [3.63, 3.8) is 0 Å². The molecule has 4 rings (SSSR count). The molecule has 3 aromatic carbocycles. The van der Waals surface area contributed by atoms with E-state index < -0.39 is 23.0 Å². The highest BCUT2D eigenvalue weighted by Crippen LogP contribution is 2.31. The van der Waals surface area contributed by atoms with E-state index in [1.165, 1.54) is 18.2 Å². The molecule has 0 amide bonds. The highest BCUT2D eigenvalue weighted by Gasteiger charge is 2.33. The van der Waals surface area contributed by atoms with Gasteiger partial charge in [0.25, 0.3) is 0 Å². The van der Waals surface area contributed by atoms with Gasteiger partial charge >= 0.3 is 0 Å². The number of fused-ring (bicyclic) bond motifs is 1. The van der Waals surface area contributed by atoms with E-state index in [-0.39, 0.29) is 9.93 Å². The number of nitrogens with one attached hydrogen (secondary N) is 1. The molecule has 1 aliphatic heterocycles. The van der Waals surface area contributed by atoms with Crippen LogP contribution in [0.2, 0.25) is 5.02 Å². The molecule has 7 heteroatoms. The summed E-state index contributed by atoms with van der Waals surface area (Å²) in [6.45, 7) is 0. The Balaban J connectivity index is 1.57. The van der Waals surface area contributed by atoms with Crippen molar-refractivity contribution in [3.05, 3.63) is 98.7 Å². The predicted octanol–water partition coefficient (Wildman–Crippen LogP) is 5.39. The Morgan fingerprint density at radius 2 is 1.94 bits per heavy atom. The number of rotatable bonds is 3. The first-order valence-corrected chi connectivity index (χ1v) is 11.1. The third-order valence-electron chi connectivity index (χ3n) is 4.82. The largest absolute Gasteiger partial charge is 0.588 e. The molecular formula is C25H17ClFNO3S. The molecule has 0 radical (unpaired) electrons. The zero-order valence-electron chi connectivity index (χ0n) is 16.9. The van der Waals surface area contributed by atoms with Crippen LogP contribution in [0.5, 0.6) is 5.75 Å². The van der Waals surface area contributed by atoms with E-state index >= 15 is 0 Å². The lowest BCUT2D eigenvalue weighted by Gasteiger charge is -2.21. The summed E-state index contributed by atoms with van der Waals surface area (Å²) < 4.78 is 34.2. The third-order valence-corrected chi connectivity index (χ3v) is 6.23. The Morgan fingerprint density at radius 1 is 1.16 bits per heavy atom. The van der Waals surface area contributed by atoms with Crippen LogP contribution in [0.4, 0.5) is 10.1 Å². The van der Waals surface area contributed by atoms with Gasteiger partial charge in [-0.25, -0.2) is 9.11 Å². The van der Waals surface area contributed by atoms with Gasteiger partial charge < -0.3 is 9.29 Å². The predicted molar refractivity (Wildman–Crippen MR) is 126 cm³/mol. The molecule has 160 valence electrons. The van der Waals surface area contributed by atoms with E-state index in [0.717, 1.165) is 11.3 Å². The number of carbonyl (C=O) groups excluding carboxylic acids is 1. The van der Waals surface area contributed by atoms with Gasteiger partial charge in [-0.2, -0.15) is 0 Å². The van der Waals surface area contributed by atoms with E-state index in [0.29, 0.717) is 28.8 Å². The normalized spacial score (nSPS) is 16.1. The molecular weight excluding hydrogens is 449 g/mol. The number of ketones is 1. The first kappa shape index (κ1) is 22.0. The zero-order valence-corrected chi connectivity index (χ0v) is 18.5. The second kappa shape index (κ2) is 9.49. The number of methoxy groups -OCH3 is 1. The molecule has 0 spiro atoms. The Bertz CT molecular complexity index is 1280. The average Bonchev–Trinajstić information content (AvgIpc) is 2.80. The van der Waals surface area contributed by atoms with Gasteiger partial charge in [0.2, 0.25) is 10.7 Å². The van der Waals surface area contributed by atoms with Gasteiger partial charge in [-0.15, -0.1) is 0 Å². The summed E-state index contributed by atoms with van der Waals surface area (Å²) in [5.41, 5.74) is 2.93. The number of ether oxygens (including phenoxy) is 1. The lowest BCUT2D eigenvalue weighted by molar-refractivity contribution is 0.104. The molecule has 1 aliphatic rings. The molecule has 4 nitrogen and oxygen atoms in total. The summed E-state index contributed by atoms with van der Waals surface area (Å²) >= 11 is 3.94. The molecule has 0 saturated carbocycles. The van der Waals surface area contributed by atoms with Gasteiger partial charge in [-0.05, 0) is 53.6 Å². The van der Waals surface area contributed by atoms with E-state index in [2.05, 4.69) is 16.6 Å². The van der Waals surface area contributed by atoms with Crippen LogP contribution >= 0.6 is 11.6 Å². The Morgan fingerprint density at radius 3 is 2.66 bits per heavy atom. The van der Waals surface area contributed by atoms with E-state index in [4.69, 9.17) is 16.3 Å². The van der Waals surface area contributed by atoms with Crippen molar-refractivity contribution in [2.45, 2.75) is 6.42 Å². The maximum absolute atomic E-state index is 13.7. The first-order valence-electron chi connectivity index (χ1n) is 9.60. The van der Waals surface area contributed by atoms with Crippen LogP contribution in [-0.2, 0) is 17.8 Å². The molecule has 0 fully saturated rings. The Labute approximate surface area is 193 Å². The summed E-state index contributed by atoms with van der Waals surface area (Å²) in [5, 5.41) is -0.0235. The molecule has 0 aliphatic carbocycles. The maximum Gasteiger partial charge on any atom is 0.245 e. The highest BCUT2D eigenvalue weighted by atomic mass is 35.5. The van der Waals surface area contributed by atoms with Crippen LogP contribution in [0.1, 0.15) is 27.0 Å². The van der Waals surface area contributed by atoms with Crippen molar-refractivity contribution in [2.75, 3.05) is 11.8 Å². The monoisotopic (exact) mass is 465 g/mol. The number of Topliss-reactive ketones (excluding diaryl/α,β-unsaturated/α-hetero) is 1. The fraction of sp³-hybridized carbons (Fsp3) is 0.0800. The van der Waals surface area contributed by atoms with Gasteiger partial charge in [0.15, 0.2) is 0 Å². The lowest BCUT2D eigenvalue weighted by atomic mass is 10.0. The second-order valence-electron chi connectivity index (χ2n) is 6.97. The number of hydrogen-bond acceptors (Lipinski definition) is 4. The summed E-state index contributed by atoms with van der Waals surface area (Å²) in [5.74, 6) is 5.93. The van der Waals surface area contributed by atoms with Gasteiger partial charge in [0, 0.05) is 18.1 Å². The van der Waals surface area contributed by atoms with Crippen LogP contribution in [0.3, 0.4) is 0 Å². The zero-order chi connectivity index (χ0) is 22.7. The minimum atomic E-state index is -1.76. The Hall–Kier alpha value is -3.24. The van der Waals surface area contributed by atoms with Crippen LogP contribution in [0.25, 0.3) is 6.08 Å². The molecule has 3 aromatic rings. The standard InChI is InChI=1S/C25H17ClFNO3S/c1-31-19-9-5-16(6-10-19)3-2-4-17-8-12-23-20(13-17)25(29)24(32(30)28-23)15-18-7-11-21(26)22(27)14-18/h5-15,28H,3H2,1H3/b24-15-. The lowest BCUT2D eigenvalue weighted by Crippen LogP contribution is -2.27. The average molecular weight is 466 g/mol. The van der Waals surface area contributed by atoms with Crippen LogP contribution in [0, 0.1) is 17.7 Å². The van der Waals surface area contributed by atoms with E-state index in [1.807, 2.05) is 24.3 Å². The molecule has 0 saturated heterocycles. The first-order chi connectivity index (χ1) is 15.4. The molecule has 1 heterocycles. The fourth-order valence-corrected chi connectivity index (χ4v) is 4.26. The summed E-state index contributed by atoms with van der Waals surface area (Å²) in [6.07, 6.45) is 1.94. The topological polar surface area (TPSA) is 61.4 Å². The molecule has 1 atom stereocenters. The van der Waals surface area contributed by atoms with Crippen LogP contribution < -0.4 is 9.46 Å². The Kier molecular flexibility index (Phi) is 6.52. The van der Waals surface area contributed by atoms with E-state index in [9.17, 15) is 13.7 Å². The molecule has 32 heavy (non-hydrogen) atoms. The van der Waals surface area contributed by atoms with Crippen molar-refractivity contribution in [1.29, 1.82) is 0 Å². The van der Waals surface area contributed by atoms with Crippen molar-refractivity contribution in [1.82, 2.24) is 0 Å². The molecule has 0 aromatic heterocycles. The number of carbonyl (C=O) groups is 1. The smallest absolute Gasteiger partial charge is 0.245 e. The number of halogens is 2. The number of anilines is 1. The number of hydrogen-bond donors (Lipinski definition) is 1. The SMILES string of the molecule is COc1ccc(CC#Cc2ccc3c(c2)C(=O)/C(=C/c2ccc(Cl)c(F)c2)[S+]([O-])N3)cc1. The van der Waals surface area contributed by atoms with Crippen molar-refractivity contribution < 1.29 is 18.5 Å². The number of allylic oxidation sites excluding steroid dienone is 1. The number of benzene rings is 3. The highest BCUT2D eigenvalue weighted by molar-refractivity contribution is 7.97. The molecule has 0 bridgehead atoms. The minimum Gasteiger partial charge on any atom is -0.588 e. The summed E-state index contributed by atoms with van der Waals surface area (Å²) in [6, 6.07) is 16.9. The van der Waals surface area contributed by atoms with Crippen molar-refractivity contribution in [2.24, 2.45) is 0 Å². The van der Waals surface area contributed by atoms with Gasteiger partial charge in [0.1, 0.15) is 22.9 Å². The van der Waals surface area contributed by atoms with Crippen LogP contribution in [0.15, 0.2) is 65.6 Å². The summed E-state index contributed by atoms with van der Waals surface area (Å²) in [4.78, 5) is 13.0. The molecule has 1 unspecified atom stereocenters. The van der Waals surface area contributed by atoms with Crippen LogP contribution in [-0.4, -0.2) is 17.4 Å². The maximum atomic E-state index is 13.7. The summed E-state index contributed by atoms with van der Waals surface area (Å²) in [7, 11) is 1.62. The third kappa shape index (κ3) is 4.81. The van der Waals surface area contributed by atoms with Crippen molar-refractivity contribution >= 4 is 40.5 Å². The van der Waals surface area contributed by atoms with Gasteiger partial charge in [-0.1, -0.05) is 41.6 Å². The van der Waals surface area contributed by atoms with Gasteiger partial charge in [0.05, 0.1) is 23.4 Å². The fourth-order valence-electron chi connectivity index (χ4n) is 3.13. The molecule has 1 N–H and O–H groups in total. The van der Waals surface area contributed by atoms with E-state index in [1.54, 1.807) is 31.4 Å². The minimum absolute atomic E-state index is 0.0235.